The molecule has 0 saturated carbocycles. The van der Waals surface area contributed by atoms with Crippen LogP contribution < -0.4 is 4.90 Å². The number of hydrogen-bond donors (Lipinski definition) is 0. The summed E-state index contributed by atoms with van der Waals surface area (Å²) in [7, 11) is 0. The summed E-state index contributed by atoms with van der Waals surface area (Å²) in [5.41, 5.74) is 9.90. The van der Waals surface area contributed by atoms with Gasteiger partial charge in [-0.25, -0.2) is 0 Å². The molecule has 10 rings (SSSR count). The fourth-order valence-electron chi connectivity index (χ4n) is 7.37. The van der Waals surface area contributed by atoms with Crippen molar-refractivity contribution in [3.05, 3.63) is 176 Å². The van der Waals surface area contributed by atoms with Crippen molar-refractivity contribution in [1.82, 2.24) is 0 Å². The zero-order valence-corrected chi connectivity index (χ0v) is 27.3. The second-order valence-corrected chi connectivity index (χ2v) is 13.6. The van der Waals surface area contributed by atoms with Crippen molar-refractivity contribution in [2.24, 2.45) is 0 Å². The molecule has 0 spiro atoms. The highest BCUT2D eigenvalue weighted by molar-refractivity contribution is 7.25. The summed E-state index contributed by atoms with van der Waals surface area (Å²) in [6, 6.07) is 63.3. The fraction of sp³-hybridized carbons (Fsp3) is 0. The summed E-state index contributed by atoms with van der Waals surface area (Å²) < 4.78 is 8.95. The Morgan fingerprint density at radius 1 is 0.408 bits per heavy atom. The van der Waals surface area contributed by atoms with Crippen molar-refractivity contribution >= 4 is 81.3 Å². The Balaban J connectivity index is 1.13. The average Bonchev–Trinajstić information content (AvgIpc) is 3.74. The van der Waals surface area contributed by atoms with E-state index in [1.165, 1.54) is 53.2 Å². The summed E-state index contributed by atoms with van der Waals surface area (Å²) in [6.07, 6.45) is 0. The van der Waals surface area contributed by atoms with E-state index in [9.17, 15) is 0 Å². The molecule has 49 heavy (non-hydrogen) atoms. The number of anilines is 3. The zero-order chi connectivity index (χ0) is 32.3. The maximum atomic E-state index is 6.36. The highest BCUT2D eigenvalue weighted by Gasteiger charge is 2.20. The van der Waals surface area contributed by atoms with Crippen molar-refractivity contribution in [3.8, 4) is 22.3 Å². The van der Waals surface area contributed by atoms with Crippen LogP contribution in [0.2, 0.25) is 0 Å². The monoisotopic (exact) mass is 643 g/mol. The van der Waals surface area contributed by atoms with Crippen LogP contribution in [0.15, 0.2) is 180 Å². The van der Waals surface area contributed by atoms with E-state index in [0.717, 1.165) is 39.0 Å². The number of hydrogen-bond acceptors (Lipinski definition) is 3. The predicted octanol–water partition coefficient (Wildman–Crippen LogP) is 13.9. The van der Waals surface area contributed by atoms with Gasteiger partial charge in [-0.2, -0.15) is 0 Å². The van der Waals surface area contributed by atoms with Crippen LogP contribution in [0.5, 0.6) is 0 Å². The van der Waals surface area contributed by atoms with E-state index >= 15 is 0 Å². The Morgan fingerprint density at radius 2 is 1.08 bits per heavy atom. The Bertz CT molecular complexity index is 2840. The number of benzene rings is 8. The van der Waals surface area contributed by atoms with Crippen LogP contribution in [-0.2, 0) is 0 Å². The first-order valence-electron chi connectivity index (χ1n) is 16.6. The molecule has 0 bridgehead atoms. The van der Waals surface area contributed by atoms with Crippen LogP contribution in [0, 0.1) is 0 Å². The molecule has 0 amide bonds. The summed E-state index contributed by atoms with van der Waals surface area (Å²) in [4.78, 5) is 2.38. The molecule has 3 heteroatoms. The van der Waals surface area contributed by atoms with Gasteiger partial charge in [0.15, 0.2) is 0 Å². The second kappa shape index (κ2) is 11.2. The highest BCUT2D eigenvalue weighted by Crippen LogP contribution is 2.45. The molecule has 2 heterocycles. The molecule has 230 valence electrons. The lowest BCUT2D eigenvalue weighted by atomic mass is 9.95. The first-order valence-corrected chi connectivity index (χ1v) is 17.4. The van der Waals surface area contributed by atoms with Crippen LogP contribution in [-0.4, -0.2) is 0 Å². The third-order valence-electron chi connectivity index (χ3n) is 9.66. The predicted molar refractivity (Wildman–Crippen MR) is 210 cm³/mol. The average molecular weight is 644 g/mol. The Kier molecular flexibility index (Phi) is 6.39. The van der Waals surface area contributed by atoms with Crippen molar-refractivity contribution in [2.75, 3.05) is 4.90 Å². The van der Waals surface area contributed by atoms with Gasteiger partial charge < -0.3 is 9.32 Å². The number of nitrogens with zero attached hydrogens (tertiary/aromatic N) is 1. The molecule has 0 fully saturated rings. The Hall–Kier alpha value is -6.16. The molecule has 0 unspecified atom stereocenters. The minimum atomic E-state index is 0.882. The third kappa shape index (κ3) is 4.62. The van der Waals surface area contributed by atoms with E-state index in [1.54, 1.807) is 0 Å². The molecule has 2 aromatic heterocycles. The molecular weight excluding hydrogens is 615 g/mol. The molecule has 0 aliphatic carbocycles. The van der Waals surface area contributed by atoms with E-state index in [0.29, 0.717) is 0 Å². The molecule has 0 radical (unpaired) electrons. The maximum absolute atomic E-state index is 6.36. The van der Waals surface area contributed by atoms with Gasteiger partial charge in [0, 0.05) is 36.9 Å². The normalized spacial score (nSPS) is 11.7. The quantitative estimate of drug-likeness (QED) is 0.186. The molecule has 0 aliphatic rings. The summed E-state index contributed by atoms with van der Waals surface area (Å²) in [5, 5.41) is 7.31. The van der Waals surface area contributed by atoms with E-state index in [2.05, 4.69) is 169 Å². The fourth-order valence-corrected chi connectivity index (χ4v) is 8.46. The number of rotatable bonds is 5. The van der Waals surface area contributed by atoms with Crippen molar-refractivity contribution < 1.29 is 4.42 Å². The number of thiophene rings is 1. The third-order valence-corrected chi connectivity index (χ3v) is 10.8. The van der Waals surface area contributed by atoms with Gasteiger partial charge in [0.2, 0.25) is 0 Å². The topological polar surface area (TPSA) is 16.4 Å². The zero-order valence-electron chi connectivity index (χ0n) is 26.5. The van der Waals surface area contributed by atoms with Crippen LogP contribution in [0.25, 0.3) is 75.1 Å². The van der Waals surface area contributed by atoms with Gasteiger partial charge in [0.25, 0.3) is 0 Å². The van der Waals surface area contributed by atoms with Crippen molar-refractivity contribution in [3.63, 3.8) is 0 Å². The first-order chi connectivity index (χ1) is 24.3. The maximum Gasteiger partial charge on any atom is 0.137 e. The smallest absolute Gasteiger partial charge is 0.137 e. The number of fused-ring (bicyclic) bond motifs is 7. The van der Waals surface area contributed by atoms with E-state index in [-0.39, 0.29) is 0 Å². The van der Waals surface area contributed by atoms with E-state index < -0.39 is 0 Å². The van der Waals surface area contributed by atoms with Gasteiger partial charge in [-0.1, -0.05) is 115 Å². The van der Waals surface area contributed by atoms with Crippen LogP contribution in [0.4, 0.5) is 17.1 Å². The summed E-state index contributed by atoms with van der Waals surface area (Å²) >= 11 is 1.85. The summed E-state index contributed by atoms with van der Waals surface area (Å²) in [6.45, 7) is 0. The van der Waals surface area contributed by atoms with Gasteiger partial charge >= 0.3 is 0 Å². The minimum Gasteiger partial charge on any atom is -0.456 e. The lowest BCUT2D eigenvalue weighted by molar-refractivity contribution is 0.669. The van der Waals surface area contributed by atoms with Crippen molar-refractivity contribution in [1.29, 1.82) is 0 Å². The SMILES string of the molecule is c1cc(-c2ccc(N(c3ccc4sc5ccccc5c4c3)c3cccc4oc5ccccc5c34)cc2)cc(-c2cccc3ccccc23)c1. The molecule has 0 N–H and O–H groups in total. The first kappa shape index (κ1) is 27.9. The van der Waals surface area contributed by atoms with Gasteiger partial charge in [0.1, 0.15) is 11.2 Å². The van der Waals surface area contributed by atoms with Crippen LogP contribution >= 0.6 is 11.3 Å². The largest absolute Gasteiger partial charge is 0.456 e. The van der Waals surface area contributed by atoms with E-state index in [1.807, 2.05) is 23.5 Å². The molecule has 2 nitrogen and oxygen atoms in total. The highest BCUT2D eigenvalue weighted by atomic mass is 32.1. The standard InChI is InChI=1S/C46H29NOS/c1-2-14-36-31(10-1)11-8-17-37(36)33-13-7-12-32(28-33)30-22-24-34(25-23-30)47(35-26-27-45-40(29-35)38-15-4-6-21-44(38)49-45)41-18-9-20-43-46(41)39-16-3-5-19-42(39)48-43/h1-29H. The van der Waals surface area contributed by atoms with E-state index in [4.69, 9.17) is 4.42 Å². The number of para-hydroxylation sites is 1. The lowest BCUT2D eigenvalue weighted by Crippen LogP contribution is -2.10. The molecule has 0 saturated heterocycles. The van der Waals surface area contributed by atoms with Gasteiger partial charge in [0.05, 0.1) is 11.1 Å². The van der Waals surface area contributed by atoms with Crippen LogP contribution in [0.3, 0.4) is 0 Å². The number of furan rings is 1. The molecule has 0 atom stereocenters. The Morgan fingerprint density at radius 3 is 2.00 bits per heavy atom. The van der Waals surface area contributed by atoms with Gasteiger partial charge in [-0.3, -0.25) is 0 Å². The molecule has 0 aliphatic heterocycles. The van der Waals surface area contributed by atoms with Gasteiger partial charge in [-0.05, 0) is 93.7 Å². The van der Waals surface area contributed by atoms with Crippen molar-refractivity contribution in [2.45, 2.75) is 0 Å². The minimum absolute atomic E-state index is 0.882. The van der Waals surface area contributed by atoms with Gasteiger partial charge in [-0.15, -0.1) is 11.3 Å². The lowest BCUT2D eigenvalue weighted by Gasteiger charge is -2.26. The molecular formula is C46H29NOS. The van der Waals surface area contributed by atoms with Crippen LogP contribution in [0.1, 0.15) is 0 Å². The molecule has 8 aromatic carbocycles. The molecule has 10 aromatic rings. The Labute approximate surface area is 287 Å². The second-order valence-electron chi connectivity index (χ2n) is 12.5. The summed E-state index contributed by atoms with van der Waals surface area (Å²) in [5.74, 6) is 0.